The minimum absolute atomic E-state index is 0.358. The fraction of sp³-hybridized carbons (Fsp3) is 0.571. The highest BCUT2D eigenvalue weighted by molar-refractivity contribution is 5.14. The molecule has 1 aromatic carbocycles. The Morgan fingerprint density at radius 3 is 2.28 bits per heavy atom. The predicted molar refractivity (Wildman–Crippen MR) is 77.5 cm³/mol. The first-order valence-corrected chi connectivity index (χ1v) is 6.69. The Morgan fingerprint density at radius 2 is 1.61 bits per heavy atom. The summed E-state index contributed by atoms with van der Waals surface area (Å²) in [6.07, 6.45) is 0.358. The molecule has 0 aliphatic carbocycles. The molecule has 4 heteroatoms. The van der Waals surface area contributed by atoms with Crippen LogP contribution in [0, 0.1) is 0 Å². The van der Waals surface area contributed by atoms with E-state index < -0.39 is 0 Å². The normalized spacial score (nSPS) is 12.6. The first-order valence-electron chi connectivity index (χ1n) is 6.69. The summed E-state index contributed by atoms with van der Waals surface area (Å²) in [7, 11) is 1.97. The Bertz CT molecular complexity index is 289. The Morgan fingerprint density at radius 1 is 0.944 bits per heavy atom. The molecule has 1 rings (SSSR count). The Labute approximate surface area is 111 Å². The second-order valence-corrected chi connectivity index (χ2v) is 4.40. The maximum atomic E-state index is 3.43. The van der Waals surface area contributed by atoms with Gasteiger partial charge >= 0.3 is 0 Å². The second kappa shape index (κ2) is 10.0. The quantitative estimate of drug-likeness (QED) is 0.361. The van der Waals surface area contributed by atoms with Crippen molar-refractivity contribution in [2.24, 2.45) is 0 Å². The highest BCUT2D eigenvalue weighted by Crippen LogP contribution is 1.96. The van der Waals surface area contributed by atoms with Gasteiger partial charge in [-0.2, -0.15) is 0 Å². The molecule has 0 heterocycles. The first-order chi connectivity index (χ1) is 8.83. The molecule has 0 bridgehead atoms. The van der Waals surface area contributed by atoms with Crippen LogP contribution >= 0.6 is 0 Å². The van der Waals surface area contributed by atoms with Crippen molar-refractivity contribution in [3.05, 3.63) is 35.9 Å². The van der Waals surface area contributed by atoms with Gasteiger partial charge in [-0.15, -0.1) is 0 Å². The van der Waals surface area contributed by atoms with E-state index in [1.54, 1.807) is 0 Å². The molecule has 0 fully saturated rings. The number of benzene rings is 1. The molecule has 0 aromatic heterocycles. The fourth-order valence-corrected chi connectivity index (χ4v) is 1.69. The van der Waals surface area contributed by atoms with Crippen LogP contribution in [0.3, 0.4) is 0 Å². The van der Waals surface area contributed by atoms with E-state index in [-0.39, 0.29) is 0 Å². The van der Waals surface area contributed by atoms with Gasteiger partial charge in [-0.05, 0) is 19.5 Å². The molecular formula is C14H26N4. The molecule has 0 aliphatic heterocycles. The molecular weight excluding hydrogens is 224 g/mol. The lowest BCUT2D eigenvalue weighted by atomic mass is 10.2. The highest BCUT2D eigenvalue weighted by Gasteiger charge is 1.97. The van der Waals surface area contributed by atoms with E-state index >= 15 is 0 Å². The average molecular weight is 250 g/mol. The van der Waals surface area contributed by atoms with Crippen LogP contribution in [0.4, 0.5) is 0 Å². The number of rotatable bonds is 10. The predicted octanol–water partition coefficient (Wildman–Crippen LogP) is 0.521. The minimum Gasteiger partial charge on any atom is -0.318 e. The van der Waals surface area contributed by atoms with E-state index in [0.717, 1.165) is 32.7 Å². The van der Waals surface area contributed by atoms with Crippen molar-refractivity contribution >= 4 is 0 Å². The van der Waals surface area contributed by atoms with Crippen molar-refractivity contribution < 1.29 is 0 Å². The van der Waals surface area contributed by atoms with Crippen molar-refractivity contribution in [2.75, 3.05) is 33.2 Å². The summed E-state index contributed by atoms with van der Waals surface area (Å²) < 4.78 is 0. The summed E-state index contributed by atoms with van der Waals surface area (Å²) in [4.78, 5) is 0. The molecule has 0 spiro atoms. The van der Waals surface area contributed by atoms with Crippen molar-refractivity contribution in [1.29, 1.82) is 0 Å². The van der Waals surface area contributed by atoms with Gasteiger partial charge in [0.2, 0.25) is 0 Å². The maximum absolute atomic E-state index is 3.43. The third-order valence-electron chi connectivity index (χ3n) is 2.75. The van der Waals surface area contributed by atoms with E-state index in [1.807, 2.05) is 13.1 Å². The third-order valence-corrected chi connectivity index (χ3v) is 2.75. The largest absolute Gasteiger partial charge is 0.318 e. The Balaban J connectivity index is 1.95. The number of hydrogen-bond acceptors (Lipinski definition) is 4. The van der Waals surface area contributed by atoms with Gasteiger partial charge in [-0.3, -0.25) is 0 Å². The summed E-state index contributed by atoms with van der Waals surface area (Å²) >= 11 is 0. The van der Waals surface area contributed by atoms with Gasteiger partial charge in [0, 0.05) is 32.7 Å². The van der Waals surface area contributed by atoms with E-state index in [4.69, 9.17) is 0 Å². The highest BCUT2D eigenvalue weighted by atomic mass is 15.1. The standard InChI is InChI=1S/C14H26N4/c1-13(17-10-8-15-2)18-11-9-16-12-14-6-4-3-5-7-14/h3-7,13,15-18H,8-12H2,1-2H3. The van der Waals surface area contributed by atoms with Crippen LogP contribution in [0.1, 0.15) is 12.5 Å². The summed E-state index contributed by atoms with van der Waals surface area (Å²) in [5.41, 5.74) is 1.33. The van der Waals surface area contributed by atoms with Gasteiger partial charge in [0.15, 0.2) is 0 Å². The average Bonchev–Trinajstić information content (AvgIpc) is 2.40. The lowest BCUT2D eigenvalue weighted by Gasteiger charge is -2.15. The molecule has 1 aromatic rings. The summed E-state index contributed by atoms with van der Waals surface area (Å²) in [6, 6.07) is 10.5. The van der Waals surface area contributed by atoms with Crippen molar-refractivity contribution in [2.45, 2.75) is 19.6 Å². The third kappa shape index (κ3) is 7.40. The lowest BCUT2D eigenvalue weighted by molar-refractivity contribution is 0.447. The molecule has 0 aliphatic rings. The smallest absolute Gasteiger partial charge is 0.0543 e. The number of hydrogen-bond donors (Lipinski definition) is 4. The van der Waals surface area contributed by atoms with E-state index in [1.165, 1.54) is 5.56 Å². The van der Waals surface area contributed by atoms with Gasteiger partial charge in [0.1, 0.15) is 0 Å². The molecule has 0 saturated carbocycles. The number of likely N-dealkylation sites (N-methyl/N-ethyl adjacent to an activating group) is 1. The summed E-state index contributed by atoms with van der Waals surface area (Å²) in [5.74, 6) is 0. The Kier molecular flexibility index (Phi) is 8.42. The van der Waals surface area contributed by atoms with Gasteiger partial charge in [-0.1, -0.05) is 30.3 Å². The van der Waals surface area contributed by atoms with Crippen molar-refractivity contribution in [3.63, 3.8) is 0 Å². The first kappa shape index (κ1) is 15.1. The van der Waals surface area contributed by atoms with Crippen molar-refractivity contribution in [3.8, 4) is 0 Å². The van der Waals surface area contributed by atoms with Crippen molar-refractivity contribution in [1.82, 2.24) is 21.3 Å². The molecule has 4 N–H and O–H groups in total. The second-order valence-electron chi connectivity index (χ2n) is 4.40. The topological polar surface area (TPSA) is 48.1 Å². The zero-order chi connectivity index (χ0) is 13.1. The van der Waals surface area contributed by atoms with Crippen LogP contribution < -0.4 is 21.3 Å². The monoisotopic (exact) mass is 250 g/mol. The van der Waals surface area contributed by atoms with E-state index in [2.05, 4.69) is 52.5 Å². The van der Waals surface area contributed by atoms with Crippen LogP contribution in [0.15, 0.2) is 30.3 Å². The molecule has 1 unspecified atom stereocenters. The van der Waals surface area contributed by atoms with Crippen LogP contribution in [0.2, 0.25) is 0 Å². The van der Waals surface area contributed by atoms with E-state index in [0.29, 0.717) is 6.17 Å². The zero-order valence-electron chi connectivity index (χ0n) is 11.5. The molecule has 1 atom stereocenters. The summed E-state index contributed by atoms with van der Waals surface area (Å²) in [6.45, 7) is 7.02. The van der Waals surface area contributed by atoms with Crippen LogP contribution in [0.5, 0.6) is 0 Å². The van der Waals surface area contributed by atoms with Crippen LogP contribution in [-0.4, -0.2) is 39.4 Å². The molecule has 4 nitrogen and oxygen atoms in total. The minimum atomic E-state index is 0.358. The van der Waals surface area contributed by atoms with Gasteiger partial charge in [0.05, 0.1) is 6.17 Å². The fourth-order valence-electron chi connectivity index (χ4n) is 1.69. The number of nitrogens with one attached hydrogen (secondary N) is 4. The zero-order valence-corrected chi connectivity index (χ0v) is 11.5. The van der Waals surface area contributed by atoms with Gasteiger partial charge < -0.3 is 21.3 Å². The molecule has 0 amide bonds. The summed E-state index contributed by atoms with van der Waals surface area (Å²) in [5, 5.41) is 13.4. The van der Waals surface area contributed by atoms with Gasteiger partial charge in [0.25, 0.3) is 0 Å². The lowest BCUT2D eigenvalue weighted by Crippen LogP contribution is -2.44. The van der Waals surface area contributed by atoms with Gasteiger partial charge in [-0.25, -0.2) is 0 Å². The SMILES string of the molecule is CNCCNC(C)NCCNCc1ccccc1. The van der Waals surface area contributed by atoms with Crippen LogP contribution in [-0.2, 0) is 6.54 Å². The molecule has 0 radical (unpaired) electrons. The molecule has 102 valence electrons. The van der Waals surface area contributed by atoms with Crippen LogP contribution in [0.25, 0.3) is 0 Å². The molecule has 18 heavy (non-hydrogen) atoms. The van der Waals surface area contributed by atoms with E-state index in [9.17, 15) is 0 Å². The Hall–Kier alpha value is -0.940. The maximum Gasteiger partial charge on any atom is 0.0543 e. The molecule has 0 saturated heterocycles.